The number of nitrogens with zero attached hydrogens (tertiary/aromatic N) is 3. The lowest BCUT2D eigenvalue weighted by atomic mass is 9.90. The summed E-state index contributed by atoms with van der Waals surface area (Å²) in [6.45, 7) is 2.51. The summed E-state index contributed by atoms with van der Waals surface area (Å²) in [5, 5.41) is 1.71. The summed E-state index contributed by atoms with van der Waals surface area (Å²) in [5.74, 6) is -0.830. The van der Waals surface area contributed by atoms with Crippen LogP contribution in [0.15, 0.2) is 78.9 Å². The van der Waals surface area contributed by atoms with Crippen molar-refractivity contribution in [2.45, 2.75) is 25.5 Å². The average molecular weight is 472 g/mol. The van der Waals surface area contributed by atoms with E-state index in [1.54, 1.807) is 23.3 Å². The molecule has 0 aromatic heterocycles. The predicted molar refractivity (Wildman–Crippen MR) is 136 cm³/mol. The molecule has 2 saturated heterocycles. The molecule has 2 fully saturated rings. The Morgan fingerprint density at radius 2 is 1.57 bits per heavy atom. The molecule has 7 nitrogen and oxygen atoms in total. The van der Waals surface area contributed by atoms with Gasteiger partial charge in [-0.25, -0.2) is 9.96 Å². The second-order valence-electron chi connectivity index (χ2n) is 8.97. The number of para-hydroxylation sites is 3. The van der Waals surface area contributed by atoms with E-state index in [0.29, 0.717) is 18.0 Å². The molecule has 5 rings (SSSR count). The Balaban J connectivity index is 1.55. The quantitative estimate of drug-likeness (QED) is 0.470. The van der Waals surface area contributed by atoms with Crippen LogP contribution in [-0.2, 0) is 14.4 Å². The average Bonchev–Trinajstić information content (AvgIpc) is 3.39. The number of hydrogen-bond acceptors (Lipinski definition) is 6. The van der Waals surface area contributed by atoms with Gasteiger partial charge in [0.25, 0.3) is 5.91 Å². The maximum Gasteiger partial charge on any atom is 0.266 e. The van der Waals surface area contributed by atoms with Crippen LogP contribution in [0.1, 0.15) is 24.9 Å². The molecule has 3 aromatic rings. The normalized spacial score (nSPS) is 21.4. The zero-order valence-corrected chi connectivity index (χ0v) is 20.1. The molecule has 180 valence electrons. The molecule has 7 heteroatoms. The number of hydrogen-bond donors (Lipinski definition) is 0. The fourth-order valence-electron chi connectivity index (χ4n) is 4.74. The monoisotopic (exact) mass is 471 g/mol. The fourth-order valence-corrected chi connectivity index (χ4v) is 4.74. The third kappa shape index (κ3) is 4.02. The summed E-state index contributed by atoms with van der Waals surface area (Å²) in [4.78, 5) is 37.0. The summed E-state index contributed by atoms with van der Waals surface area (Å²) < 4.78 is 5.85. The molecule has 2 aliphatic rings. The Morgan fingerprint density at radius 3 is 2.26 bits per heavy atom. The van der Waals surface area contributed by atoms with Gasteiger partial charge in [-0.3, -0.25) is 14.4 Å². The smallest absolute Gasteiger partial charge is 0.266 e. The second-order valence-corrected chi connectivity index (χ2v) is 8.97. The molecule has 0 unspecified atom stereocenters. The number of fused-ring (bicyclic) bond motifs is 1. The highest BCUT2D eigenvalue weighted by atomic mass is 16.7. The largest absolute Gasteiger partial charge is 0.491 e. The number of imide groups is 1. The molecule has 0 N–H and O–H groups in total. The molecule has 3 atom stereocenters. The highest BCUT2D eigenvalue weighted by molar-refractivity contribution is 6.24. The van der Waals surface area contributed by atoms with E-state index in [0.717, 1.165) is 23.4 Å². The van der Waals surface area contributed by atoms with E-state index in [1.807, 2.05) is 86.6 Å². The van der Waals surface area contributed by atoms with Gasteiger partial charge in [0.2, 0.25) is 5.91 Å². The summed E-state index contributed by atoms with van der Waals surface area (Å²) in [7, 11) is 3.96. The van der Waals surface area contributed by atoms with Crippen molar-refractivity contribution in [3.8, 4) is 5.75 Å². The summed E-state index contributed by atoms with van der Waals surface area (Å²) in [5.41, 5.74) is 3.21. The van der Waals surface area contributed by atoms with Gasteiger partial charge in [-0.1, -0.05) is 49.4 Å². The summed E-state index contributed by atoms with van der Waals surface area (Å²) >= 11 is 0. The van der Waals surface area contributed by atoms with E-state index < -0.39 is 18.1 Å². The third-order valence-electron chi connectivity index (χ3n) is 6.44. The van der Waals surface area contributed by atoms with Crippen LogP contribution in [0.2, 0.25) is 0 Å². The Hall–Kier alpha value is -3.84. The predicted octanol–water partition coefficient (Wildman–Crippen LogP) is 4.59. The van der Waals surface area contributed by atoms with Gasteiger partial charge in [0, 0.05) is 19.8 Å². The third-order valence-corrected chi connectivity index (χ3v) is 6.44. The minimum Gasteiger partial charge on any atom is -0.491 e. The minimum atomic E-state index is -0.916. The van der Waals surface area contributed by atoms with E-state index >= 15 is 0 Å². The molecule has 0 aliphatic carbocycles. The fraction of sp³-hybridized carbons (Fsp3) is 0.286. The zero-order valence-electron chi connectivity index (χ0n) is 20.1. The summed E-state index contributed by atoms with van der Waals surface area (Å²) in [6, 6.07) is 24.3. The first-order valence-corrected chi connectivity index (χ1v) is 11.9. The van der Waals surface area contributed by atoms with Crippen molar-refractivity contribution in [1.82, 2.24) is 0 Å². The van der Waals surface area contributed by atoms with Crippen molar-refractivity contribution in [3.63, 3.8) is 0 Å². The van der Waals surface area contributed by atoms with Gasteiger partial charge < -0.3 is 9.64 Å². The molecule has 2 aliphatic heterocycles. The van der Waals surface area contributed by atoms with Gasteiger partial charge in [-0.2, -0.15) is 0 Å². The lowest BCUT2D eigenvalue weighted by Gasteiger charge is -2.29. The van der Waals surface area contributed by atoms with Crippen LogP contribution >= 0.6 is 0 Å². The Morgan fingerprint density at radius 1 is 0.886 bits per heavy atom. The molecular formula is C28H29N3O4. The highest BCUT2D eigenvalue weighted by Crippen LogP contribution is 2.48. The highest BCUT2D eigenvalue weighted by Gasteiger charge is 2.60. The summed E-state index contributed by atoms with van der Waals surface area (Å²) in [6.07, 6.45) is -0.0952. The molecule has 0 radical (unpaired) electrons. The number of amides is 2. The first-order valence-electron chi connectivity index (χ1n) is 11.9. The van der Waals surface area contributed by atoms with Crippen LogP contribution in [0.5, 0.6) is 5.75 Å². The number of hydroxylamine groups is 1. The zero-order chi connectivity index (χ0) is 24.5. The van der Waals surface area contributed by atoms with Crippen LogP contribution in [0.25, 0.3) is 0 Å². The van der Waals surface area contributed by atoms with Crippen LogP contribution in [0.4, 0.5) is 17.1 Å². The van der Waals surface area contributed by atoms with E-state index in [1.165, 1.54) is 4.90 Å². The number of ether oxygens (including phenoxy) is 1. The van der Waals surface area contributed by atoms with Crippen LogP contribution < -0.4 is 19.6 Å². The molecule has 3 aromatic carbocycles. The lowest BCUT2D eigenvalue weighted by Crippen LogP contribution is -2.37. The van der Waals surface area contributed by atoms with Crippen molar-refractivity contribution < 1.29 is 19.2 Å². The first kappa shape index (κ1) is 22.9. The van der Waals surface area contributed by atoms with Crippen LogP contribution in [0.3, 0.4) is 0 Å². The van der Waals surface area contributed by atoms with Crippen molar-refractivity contribution >= 4 is 28.9 Å². The van der Waals surface area contributed by atoms with Gasteiger partial charge in [-0.05, 0) is 48.4 Å². The number of rotatable bonds is 7. The number of carbonyl (C=O) groups is 2. The van der Waals surface area contributed by atoms with Crippen molar-refractivity contribution in [2.75, 3.05) is 35.6 Å². The standard InChI is InChI=1S/C28H29N3O4/c1-4-18-34-23-13-9-8-12-22(23)30-27(32)24-25(19-14-16-20(17-15-19)29(2)3)31(35-26(24)28(30)33)21-10-6-5-7-11-21/h5-17,24-26H,4,18H2,1-3H3/t24-,25+,26+/m1/s1. The van der Waals surface area contributed by atoms with Crippen molar-refractivity contribution in [3.05, 3.63) is 84.4 Å². The van der Waals surface area contributed by atoms with Crippen molar-refractivity contribution in [2.24, 2.45) is 5.92 Å². The van der Waals surface area contributed by atoms with Gasteiger partial charge in [0.05, 0.1) is 24.0 Å². The second kappa shape index (κ2) is 9.43. The first-order chi connectivity index (χ1) is 17.0. The maximum absolute atomic E-state index is 13.9. The number of benzene rings is 3. The van der Waals surface area contributed by atoms with E-state index in [-0.39, 0.29) is 11.8 Å². The molecule has 0 spiro atoms. The van der Waals surface area contributed by atoms with Gasteiger partial charge in [0.15, 0.2) is 6.10 Å². The van der Waals surface area contributed by atoms with E-state index in [4.69, 9.17) is 9.57 Å². The Labute approximate surface area is 205 Å². The molecule has 35 heavy (non-hydrogen) atoms. The molecule has 0 saturated carbocycles. The lowest BCUT2D eigenvalue weighted by molar-refractivity contribution is -0.126. The number of carbonyl (C=O) groups excluding carboxylic acids is 2. The SMILES string of the molecule is CCCOc1ccccc1N1C(=O)[C@H]2[C@H](ON(c3ccccc3)[C@H]2c2ccc(N(C)C)cc2)C1=O. The maximum atomic E-state index is 13.9. The molecular weight excluding hydrogens is 442 g/mol. The number of anilines is 3. The van der Waals surface area contributed by atoms with Crippen molar-refractivity contribution in [1.29, 1.82) is 0 Å². The van der Waals surface area contributed by atoms with Gasteiger partial charge >= 0.3 is 0 Å². The topological polar surface area (TPSA) is 62.3 Å². The van der Waals surface area contributed by atoms with Crippen LogP contribution in [0, 0.1) is 5.92 Å². The minimum absolute atomic E-state index is 0.285. The van der Waals surface area contributed by atoms with Gasteiger partial charge in [0.1, 0.15) is 11.7 Å². The molecule has 2 amide bonds. The Bertz CT molecular complexity index is 1210. The van der Waals surface area contributed by atoms with Gasteiger partial charge in [-0.15, -0.1) is 0 Å². The van der Waals surface area contributed by atoms with E-state index in [9.17, 15) is 9.59 Å². The Kier molecular flexibility index (Phi) is 6.17. The molecule has 2 heterocycles. The van der Waals surface area contributed by atoms with Crippen LogP contribution in [-0.4, -0.2) is 38.6 Å². The molecule has 0 bridgehead atoms. The van der Waals surface area contributed by atoms with E-state index in [2.05, 4.69) is 0 Å².